The molecule has 1 aliphatic rings. The Morgan fingerprint density at radius 3 is 2.70 bits per heavy atom. The molecule has 6 nitrogen and oxygen atoms in total. The zero-order chi connectivity index (χ0) is 19.2. The average Bonchev–Trinajstić information content (AvgIpc) is 2.83. The average molecular weight is 408 g/mol. The van der Waals surface area contributed by atoms with Crippen LogP contribution in [0.15, 0.2) is 42.5 Å². The molecule has 2 aromatic rings. The molecule has 142 valence electrons. The summed E-state index contributed by atoms with van der Waals surface area (Å²) in [6.45, 7) is 0.275. The number of alkyl halides is 1. The Bertz CT molecular complexity index is 845. The molecule has 2 aromatic carbocycles. The molecule has 0 spiro atoms. The number of rotatable bonds is 4. The third-order valence-corrected chi connectivity index (χ3v) is 4.58. The number of para-hydroxylation sites is 1. The number of carbonyl (C=O) groups is 2. The fraction of sp³-hybridized carbons (Fsp3) is 0.263. The molecule has 0 aliphatic carbocycles. The van der Waals surface area contributed by atoms with Crippen molar-refractivity contribution >= 4 is 40.8 Å². The van der Waals surface area contributed by atoms with Crippen molar-refractivity contribution in [2.24, 2.45) is 0 Å². The molecular formula is C19H19Cl2N3O3. The van der Waals surface area contributed by atoms with Gasteiger partial charge in [-0.1, -0.05) is 29.8 Å². The third kappa shape index (κ3) is 4.84. The van der Waals surface area contributed by atoms with Gasteiger partial charge >= 0.3 is 6.03 Å². The van der Waals surface area contributed by atoms with Gasteiger partial charge in [0.25, 0.3) is 0 Å². The van der Waals surface area contributed by atoms with Gasteiger partial charge in [-0.25, -0.2) is 10.2 Å². The van der Waals surface area contributed by atoms with E-state index in [2.05, 4.69) is 10.9 Å². The van der Waals surface area contributed by atoms with Crippen LogP contribution in [0.2, 0.25) is 5.02 Å². The van der Waals surface area contributed by atoms with Crippen molar-refractivity contribution in [3.8, 4) is 11.5 Å². The number of hydrogen-bond acceptors (Lipinski definition) is 3. The molecule has 0 radical (unpaired) electrons. The zero-order valence-electron chi connectivity index (χ0n) is 14.5. The van der Waals surface area contributed by atoms with Crippen LogP contribution in [-0.2, 0) is 11.3 Å². The number of ether oxygens (including phenoxy) is 1. The molecule has 3 rings (SSSR count). The second kappa shape index (κ2) is 8.97. The summed E-state index contributed by atoms with van der Waals surface area (Å²) in [5.74, 6) is 1.41. The second-order valence-electron chi connectivity index (χ2n) is 6.03. The predicted molar refractivity (Wildman–Crippen MR) is 105 cm³/mol. The highest BCUT2D eigenvalue weighted by Gasteiger charge is 2.26. The van der Waals surface area contributed by atoms with Crippen molar-refractivity contribution < 1.29 is 14.3 Å². The molecule has 0 atom stereocenters. The number of anilines is 1. The number of amides is 3. The van der Waals surface area contributed by atoms with Crippen molar-refractivity contribution in [1.82, 2.24) is 10.9 Å². The zero-order valence-corrected chi connectivity index (χ0v) is 16.0. The topological polar surface area (TPSA) is 70.7 Å². The minimum atomic E-state index is -0.482. The maximum absolute atomic E-state index is 12.7. The summed E-state index contributed by atoms with van der Waals surface area (Å²) in [6.07, 6.45) is 1.70. The van der Waals surface area contributed by atoms with Crippen molar-refractivity contribution in [3.63, 3.8) is 0 Å². The molecule has 0 unspecified atom stereocenters. The number of hydrogen-bond donors (Lipinski definition) is 2. The van der Waals surface area contributed by atoms with Gasteiger partial charge < -0.3 is 4.74 Å². The molecule has 0 saturated heterocycles. The smallest absolute Gasteiger partial charge is 0.341 e. The Morgan fingerprint density at radius 2 is 1.89 bits per heavy atom. The summed E-state index contributed by atoms with van der Waals surface area (Å²) in [5, 5.41) is 0.478. The largest absolute Gasteiger partial charge is 0.455 e. The molecule has 8 heteroatoms. The van der Waals surface area contributed by atoms with Gasteiger partial charge in [-0.05, 0) is 37.1 Å². The Labute approximate surface area is 167 Å². The highest BCUT2D eigenvalue weighted by Crippen LogP contribution is 2.40. The fourth-order valence-corrected chi connectivity index (χ4v) is 3.07. The van der Waals surface area contributed by atoms with Crippen LogP contribution in [0, 0.1) is 0 Å². The summed E-state index contributed by atoms with van der Waals surface area (Å²) >= 11 is 11.7. The molecule has 0 aromatic heterocycles. The normalized spacial score (nSPS) is 12.3. The van der Waals surface area contributed by atoms with Crippen molar-refractivity contribution in [1.29, 1.82) is 0 Å². The third-order valence-electron chi connectivity index (χ3n) is 4.07. The number of benzene rings is 2. The molecule has 1 aliphatic heterocycles. The lowest BCUT2D eigenvalue weighted by Gasteiger charge is -2.22. The summed E-state index contributed by atoms with van der Waals surface area (Å²) in [7, 11) is 0. The number of halogens is 2. The highest BCUT2D eigenvalue weighted by atomic mass is 35.5. The first kappa shape index (κ1) is 19.3. The number of carbonyl (C=O) groups excluding carboxylic acids is 2. The maximum atomic E-state index is 12.7. The SMILES string of the molecule is O=C(CCCCCl)NNC(=O)N1Cc2ccccc2Oc2ccc(Cl)cc21. The Kier molecular flexibility index (Phi) is 6.42. The van der Waals surface area contributed by atoms with Gasteiger partial charge in [-0.2, -0.15) is 0 Å². The van der Waals surface area contributed by atoms with Gasteiger partial charge in [-0.3, -0.25) is 15.1 Å². The molecule has 0 bridgehead atoms. The Balaban J connectivity index is 1.78. The number of fused-ring (bicyclic) bond motifs is 2. The minimum absolute atomic E-state index is 0.272. The van der Waals surface area contributed by atoms with E-state index in [4.69, 9.17) is 27.9 Å². The maximum Gasteiger partial charge on any atom is 0.341 e. The number of urea groups is 1. The first-order chi connectivity index (χ1) is 13.1. The van der Waals surface area contributed by atoms with Crippen LogP contribution in [0.4, 0.5) is 10.5 Å². The standard InChI is InChI=1S/C19H19Cl2N3O3/c20-10-4-3-7-18(25)22-23-19(26)24-12-13-5-1-2-6-16(13)27-17-9-8-14(21)11-15(17)24/h1-2,5-6,8-9,11H,3-4,7,10,12H2,(H,22,25)(H,23,26). The monoisotopic (exact) mass is 407 g/mol. The van der Waals surface area contributed by atoms with Gasteiger partial charge in [0.2, 0.25) is 5.91 Å². The quantitative estimate of drug-likeness (QED) is 0.441. The molecular weight excluding hydrogens is 389 g/mol. The highest BCUT2D eigenvalue weighted by molar-refractivity contribution is 6.31. The van der Waals surface area contributed by atoms with Gasteiger partial charge in [-0.15, -0.1) is 11.6 Å². The molecule has 3 amide bonds. The lowest BCUT2D eigenvalue weighted by Crippen LogP contribution is -2.48. The lowest BCUT2D eigenvalue weighted by molar-refractivity contribution is -0.121. The number of nitrogens with zero attached hydrogens (tertiary/aromatic N) is 1. The lowest BCUT2D eigenvalue weighted by atomic mass is 10.2. The summed E-state index contributed by atoms with van der Waals surface area (Å²) in [6, 6.07) is 12.1. The van der Waals surface area contributed by atoms with Crippen LogP contribution in [0.3, 0.4) is 0 Å². The summed E-state index contributed by atoms with van der Waals surface area (Å²) < 4.78 is 5.95. The summed E-state index contributed by atoms with van der Waals surface area (Å²) in [5.41, 5.74) is 6.25. The van der Waals surface area contributed by atoms with Gasteiger partial charge in [0.1, 0.15) is 5.75 Å². The van der Waals surface area contributed by atoms with Gasteiger partial charge in [0, 0.05) is 22.9 Å². The first-order valence-corrected chi connectivity index (χ1v) is 9.47. The van der Waals surface area contributed by atoms with E-state index in [1.165, 1.54) is 4.90 Å². The molecule has 27 heavy (non-hydrogen) atoms. The van der Waals surface area contributed by atoms with E-state index in [-0.39, 0.29) is 12.5 Å². The van der Waals surface area contributed by atoms with Gasteiger partial charge in [0.15, 0.2) is 5.75 Å². The van der Waals surface area contributed by atoms with Crippen LogP contribution < -0.4 is 20.5 Å². The predicted octanol–water partition coefficient (Wildman–Crippen LogP) is 4.60. The Morgan fingerprint density at radius 1 is 1.07 bits per heavy atom. The second-order valence-corrected chi connectivity index (χ2v) is 6.85. The van der Waals surface area contributed by atoms with Crippen LogP contribution in [-0.4, -0.2) is 17.8 Å². The van der Waals surface area contributed by atoms with Crippen LogP contribution >= 0.6 is 23.2 Å². The van der Waals surface area contributed by atoms with Crippen molar-refractivity contribution in [2.45, 2.75) is 25.8 Å². The first-order valence-electron chi connectivity index (χ1n) is 8.56. The van der Waals surface area contributed by atoms with E-state index in [0.717, 1.165) is 12.0 Å². The van der Waals surface area contributed by atoms with E-state index in [1.807, 2.05) is 24.3 Å². The van der Waals surface area contributed by atoms with Crippen LogP contribution in [0.25, 0.3) is 0 Å². The Hall–Kier alpha value is -2.44. The number of hydrazine groups is 1. The van der Waals surface area contributed by atoms with Gasteiger partial charge in [0.05, 0.1) is 12.2 Å². The summed E-state index contributed by atoms with van der Waals surface area (Å²) in [4.78, 5) is 26.1. The van der Waals surface area contributed by atoms with Crippen molar-refractivity contribution in [2.75, 3.05) is 10.8 Å². The fourth-order valence-electron chi connectivity index (χ4n) is 2.71. The van der Waals surface area contributed by atoms with E-state index in [0.29, 0.717) is 40.9 Å². The molecule has 2 N–H and O–H groups in total. The van der Waals surface area contributed by atoms with E-state index >= 15 is 0 Å². The van der Waals surface area contributed by atoms with E-state index < -0.39 is 6.03 Å². The van der Waals surface area contributed by atoms with E-state index in [1.54, 1.807) is 18.2 Å². The molecule has 1 heterocycles. The number of nitrogens with one attached hydrogen (secondary N) is 2. The minimum Gasteiger partial charge on any atom is -0.455 e. The molecule has 0 fully saturated rings. The van der Waals surface area contributed by atoms with Crippen molar-refractivity contribution in [3.05, 3.63) is 53.1 Å². The van der Waals surface area contributed by atoms with Crippen LogP contribution in [0.5, 0.6) is 11.5 Å². The number of unbranched alkanes of at least 4 members (excludes halogenated alkanes) is 1. The molecule has 0 saturated carbocycles. The van der Waals surface area contributed by atoms with Crippen LogP contribution in [0.1, 0.15) is 24.8 Å². The van der Waals surface area contributed by atoms with E-state index in [9.17, 15) is 9.59 Å².